The van der Waals surface area contributed by atoms with Gasteiger partial charge in [-0.2, -0.15) is 0 Å². The molecule has 0 radical (unpaired) electrons. The summed E-state index contributed by atoms with van der Waals surface area (Å²) in [5.74, 6) is -0.191. The van der Waals surface area contributed by atoms with Gasteiger partial charge in [0.2, 0.25) is 5.88 Å². The van der Waals surface area contributed by atoms with Gasteiger partial charge in [0.1, 0.15) is 0 Å². The maximum Gasteiger partial charge on any atom is 0.272 e. The molecule has 1 aromatic carbocycles. The highest BCUT2D eigenvalue weighted by molar-refractivity contribution is 5.94. The van der Waals surface area contributed by atoms with Crippen LogP contribution in [0.4, 0.5) is 8.78 Å². The number of ether oxygens (including phenoxy) is 1. The molecule has 0 bridgehead atoms. The van der Waals surface area contributed by atoms with Crippen LogP contribution in [0.25, 0.3) is 0 Å². The van der Waals surface area contributed by atoms with Gasteiger partial charge in [0.05, 0.1) is 0 Å². The Bertz CT molecular complexity index is 654. The minimum Gasteiger partial charge on any atom is -0.471 e. The summed E-state index contributed by atoms with van der Waals surface area (Å²) in [5.41, 5.74) is 7.44. The Hall–Kier alpha value is -2.25. The van der Waals surface area contributed by atoms with Crippen LogP contribution < -0.4 is 15.8 Å². The van der Waals surface area contributed by atoms with E-state index < -0.39 is 13.0 Å². The van der Waals surface area contributed by atoms with Gasteiger partial charge < -0.3 is 15.8 Å². The lowest BCUT2D eigenvalue weighted by molar-refractivity contribution is 0.0787. The van der Waals surface area contributed by atoms with E-state index in [1.807, 2.05) is 0 Å². The summed E-state index contributed by atoms with van der Waals surface area (Å²) in [4.78, 5) is 16.0. The number of nitrogens with one attached hydrogen (secondary N) is 1. The number of hydrogen-bond donors (Lipinski definition) is 2. The highest BCUT2D eigenvalue weighted by Crippen LogP contribution is 2.15. The summed E-state index contributed by atoms with van der Waals surface area (Å²) in [6.07, 6.45) is -1.14. The van der Waals surface area contributed by atoms with Gasteiger partial charge in [-0.25, -0.2) is 13.8 Å². The number of nitrogens with zero attached hydrogens (tertiary/aromatic N) is 1. The zero-order valence-corrected chi connectivity index (χ0v) is 13.6. The van der Waals surface area contributed by atoms with Gasteiger partial charge in [0.25, 0.3) is 12.3 Å². The lowest BCUT2D eigenvalue weighted by Crippen LogP contribution is -2.23. The Kier molecular flexibility index (Phi) is 8.08. The number of nitrogens with two attached hydrogens (primary N) is 1. The van der Waals surface area contributed by atoms with E-state index in [9.17, 15) is 13.6 Å². The topological polar surface area (TPSA) is 77.2 Å². The second-order valence-corrected chi connectivity index (χ2v) is 4.75. The molecule has 0 saturated heterocycles. The Balaban J connectivity index is 0.00000288. The minimum atomic E-state index is -2.58. The molecule has 24 heavy (non-hydrogen) atoms. The lowest BCUT2D eigenvalue weighted by Gasteiger charge is -2.11. The van der Waals surface area contributed by atoms with Crippen LogP contribution in [0.1, 0.15) is 21.5 Å². The molecule has 0 saturated carbocycles. The fraction of sp³-hybridized carbons (Fsp3) is 0.250. The molecule has 1 aromatic heterocycles. The highest BCUT2D eigenvalue weighted by atomic mass is 35.5. The van der Waals surface area contributed by atoms with Crippen molar-refractivity contribution in [3.05, 3.63) is 59.3 Å². The van der Waals surface area contributed by atoms with Gasteiger partial charge in [0, 0.05) is 30.4 Å². The van der Waals surface area contributed by atoms with Crippen molar-refractivity contribution in [3.8, 4) is 5.88 Å². The van der Waals surface area contributed by atoms with Crippen molar-refractivity contribution in [3.63, 3.8) is 0 Å². The highest BCUT2D eigenvalue weighted by Gasteiger charge is 2.11. The van der Waals surface area contributed by atoms with Gasteiger partial charge in [-0.15, -0.1) is 12.4 Å². The summed E-state index contributed by atoms with van der Waals surface area (Å²) >= 11 is 0. The summed E-state index contributed by atoms with van der Waals surface area (Å²) in [7, 11) is 0. The van der Waals surface area contributed by atoms with E-state index >= 15 is 0 Å². The third-order valence-corrected chi connectivity index (χ3v) is 3.09. The molecule has 1 amide bonds. The number of carbonyl (C=O) groups is 1. The van der Waals surface area contributed by atoms with Crippen LogP contribution in [0, 0.1) is 0 Å². The molecule has 0 aliphatic carbocycles. The molecule has 130 valence electrons. The van der Waals surface area contributed by atoms with Crippen LogP contribution in [-0.2, 0) is 13.1 Å². The molecule has 0 atom stereocenters. The van der Waals surface area contributed by atoms with Crippen molar-refractivity contribution in [1.29, 1.82) is 0 Å². The van der Waals surface area contributed by atoms with Crippen LogP contribution in [0.5, 0.6) is 5.88 Å². The number of alkyl halides is 2. The second kappa shape index (κ2) is 9.79. The van der Waals surface area contributed by atoms with Crippen LogP contribution in [-0.4, -0.2) is 23.9 Å². The zero-order valence-electron chi connectivity index (χ0n) is 12.7. The Morgan fingerprint density at radius 3 is 2.58 bits per heavy atom. The van der Waals surface area contributed by atoms with Gasteiger partial charge >= 0.3 is 0 Å². The molecule has 8 heteroatoms. The van der Waals surface area contributed by atoms with Gasteiger partial charge in [-0.3, -0.25) is 4.79 Å². The normalized spacial score (nSPS) is 10.2. The van der Waals surface area contributed by atoms with Crippen molar-refractivity contribution in [2.75, 3.05) is 6.61 Å². The number of halogens is 3. The molecular formula is C16H18ClF2N3O2. The van der Waals surface area contributed by atoms with Crippen LogP contribution in [0.15, 0.2) is 42.6 Å². The molecule has 1 heterocycles. The minimum absolute atomic E-state index is 0. The molecule has 5 nitrogen and oxygen atoms in total. The summed E-state index contributed by atoms with van der Waals surface area (Å²) < 4.78 is 29.4. The van der Waals surface area contributed by atoms with Gasteiger partial charge in [-0.05, 0) is 23.8 Å². The first-order chi connectivity index (χ1) is 11.1. The number of carbonyl (C=O) groups excluding carboxylic acids is 1. The van der Waals surface area contributed by atoms with Crippen LogP contribution in [0.2, 0.25) is 0 Å². The standard InChI is InChI=1S/C16H17F2N3O2.ClH/c17-14(18)10-23-16-13(2-1-7-20-16)9-21-15(22)12-5-3-11(8-19)4-6-12;/h1-7,14H,8-10,19H2,(H,21,22);1H. The largest absolute Gasteiger partial charge is 0.471 e. The quantitative estimate of drug-likeness (QED) is 0.798. The number of hydrogen-bond acceptors (Lipinski definition) is 4. The summed E-state index contributed by atoms with van der Waals surface area (Å²) in [6, 6.07) is 10.2. The Morgan fingerprint density at radius 1 is 1.25 bits per heavy atom. The molecule has 0 aliphatic rings. The fourth-order valence-electron chi connectivity index (χ4n) is 1.90. The molecule has 2 aromatic rings. The zero-order chi connectivity index (χ0) is 16.7. The van der Waals surface area contributed by atoms with E-state index in [1.54, 1.807) is 36.4 Å². The fourth-order valence-corrected chi connectivity index (χ4v) is 1.90. The Morgan fingerprint density at radius 2 is 1.96 bits per heavy atom. The Labute approximate surface area is 144 Å². The predicted octanol–water partition coefficient (Wildman–Crippen LogP) is 2.54. The van der Waals surface area contributed by atoms with Crippen LogP contribution >= 0.6 is 12.4 Å². The molecule has 0 unspecified atom stereocenters. The number of aromatic nitrogens is 1. The first kappa shape index (κ1) is 19.8. The first-order valence-corrected chi connectivity index (χ1v) is 7.02. The van der Waals surface area contributed by atoms with Gasteiger partial charge in [0.15, 0.2) is 6.61 Å². The number of benzene rings is 1. The predicted molar refractivity (Wildman–Crippen MR) is 88.5 cm³/mol. The van der Waals surface area contributed by atoms with E-state index in [1.165, 1.54) is 6.20 Å². The van der Waals surface area contributed by atoms with Crippen molar-refractivity contribution in [2.45, 2.75) is 19.5 Å². The third kappa shape index (κ3) is 5.75. The van der Waals surface area contributed by atoms with Crippen LogP contribution in [0.3, 0.4) is 0 Å². The summed E-state index contributed by atoms with van der Waals surface area (Å²) in [5, 5.41) is 2.70. The van der Waals surface area contributed by atoms with Crippen molar-refractivity contribution in [2.24, 2.45) is 5.73 Å². The van der Waals surface area contributed by atoms with E-state index in [2.05, 4.69) is 10.3 Å². The molecule has 0 fully saturated rings. The van der Waals surface area contributed by atoms with E-state index in [0.29, 0.717) is 17.7 Å². The van der Waals surface area contributed by atoms with E-state index in [4.69, 9.17) is 10.5 Å². The summed E-state index contributed by atoms with van der Waals surface area (Å²) in [6.45, 7) is -0.204. The average Bonchev–Trinajstić information content (AvgIpc) is 2.58. The molecule has 3 N–H and O–H groups in total. The monoisotopic (exact) mass is 357 g/mol. The number of amides is 1. The average molecular weight is 358 g/mol. The second-order valence-electron chi connectivity index (χ2n) is 4.75. The molecule has 2 rings (SSSR count). The molecule has 0 aliphatic heterocycles. The maximum absolute atomic E-state index is 12.2. The maximum atomic E-state index is 12.2. The van der Waals surface area contributed by atoms with E-state index in [-0.39, 0.29) is 30.7 Å². The van der Waals surface area contributed by atoms with E-state index in [0.717, 1.165) is 5.56 Å². The molecular weight excluding hydrogens is 340 g/mol. The van der Waals surface area contributed by atoms with Crippen molar-refractivity contribution < 1.29 is 18.3 Å². The number of pyridine rings is 1. The molecule has 0 spiro atoms. The smallest absolute Gasteiger partial charge is 0.272 e. The third-order valence-electron chi connectivity index (χ3n) is 3.09. The number of rotatable bonds is 7. The SMILES string of the molecule is Cl.NCc1ccc(C(=O)NCc2cccnc2OCC(F)F)cc1. The van der Waals surface area contributed by atoms with Crippen molar-refractivity contribution in [1.82, 2.24) is 10.3 Å². The lowest BCUT2D eigenvalue weighted by atomic mass is 10.1. The van der Waals surface area contributed by atoms with Gasteiger partial charge in [-0.1, -0.05) is 18.2 Å². The first-order valence-electron chi connectivity index (χ1n) is 7.02. The van der Waals surface area contributed by atoms with Crippen molar-refractivity contribution >= 4 is 18.3 Å².